The molecular weight excluding hydrogens is 238 g/mol. The van der Waals surface area contributed by atoms with Crippen LogP contribution in [0.3, 0.4) is 0 Å². The van der Waals surface area contributed by atoms with Crippen molar-refractivity contribution in [3.63, 3.8) is 0 Å². The molecular formula is C15H19N3O. The zero-order valence-corrected chi connectivity index (χ0v) is 11.8. The molecule has 2 rings (SSSR count). The van der Waals surface area contributed by atoms with Gasteiger partial charge in [0, 0.05) is 5.56 Å². The first-order valence-electron chi connectivity index (χ1n) is 6.23. The highest BCUT2D eigenvalue weighted by Crippen LogP contribution is 2.34. The third-order valence-corrected chi connectivity index (χ3v) is 2.81. The number of hydrogen-bond acceptors (Lipinski definition) is 4. The molecule has 0 aliphatic heterocycles. The van der Waals surface area contributed by atoms with Crippen LogP contribution in [0.2, 0.25) is 0 Å². The summed E-state index contributed by atoms with van der Waals surface area (Å²) in [5, 5.41) is 0. The molecule has 0 saturated heterocycles. The van der Waals surface area contributed by atoms with Gasteiger partial charge in [0.1, 0.15) is 11.6 Å². The zero-order chi connectivity index (χ0) is 14.0. The van der Waals surface area contributed by atoms with Gasteiger partial charge in [-0.1, -0.05) is 32.9 Å². The molecule has 2 N–H and O–H groups in total. The van der Waals surface area contributed by atoms with Gasteiger partial charge in [-0.3, -0.25) is 0 Å². The average Bonchev–Trinajstić information content (AvgIpc) is 2.30. The number of ether oxygens (including phenoxy) is 1. The summed E-state index contributed by atoms with van der Waals surface area (Å²) in [6.45, 7) is 8.49. The number of benzene rings is 1. The van der Waals surface area contributed by atoms with Crippen LogP contribution >= 0.6 is 0 Å². The number of rotatable bonds is 2. The molecule has 4 nitrogen and oxygen atoms in total. The molecule has 1 aromatic carbocycles. The predicted octanol–water partition coefficient (Wildman–Crippen LogP) is 3.46. The number of aryl methyl sites for hydroxylation is 1. The molecule has 0 radical (unpaired) electrons. The van der Waals surface area contributed by atoms with Gasteiger partial charge in [-0.2, -0.15) is 0 Å². The van der Waals surface area contributed by atoms with Crippen LogP contribution < -0.4 is 10.5 Å². The molecule has 0 saturated carbocycles. The number of nitrogen functional groups attached to an aromatic ring is 1. The first kappa shape index (κ1) is 13.3. The summed E-state index contributed by atoms with van der Waals surface area (Å²) in [5.74, 6) is 1.64. The van der Waals surface area contributed by atoms with E-state index in [1.54, 1.807) is 0 Å². The Balaban J connectivity index is 2.38. The fourth-order valence-corrected chi connectivity index (χ4v) is 1.83. The van der Waals surface area contributed by atoms with E-state index >= 15 is 0 Å². The number of anilines is 1. The predicted molar refractivity (Wildman–Crippen MR) is 76.4 cm³/mol. The first-order valence-corrected chi connectivity index (χ1v) is 6.23. The highest BCUT2D eigenvalue weighted by Gasteiger charge is 2.19. The van der Waals surface area contributed by atoms with Crippen LogP contribution in [-0.4, -0.2) is 9.97 Å². The van der Waals surface area contributed by atoms with E-state index in [0.29, 0.717) is 11.7 Å². The van der Waals surface area contributed by atoms with E-state index < -0.39 is 0 Å². The maximum Gasteiger partial charge on any atom is 0.237 e. The highest BCUT2D eigenvalue weighted by atomic mass is 16.5. The second-order valence-corrected chi connectivity index (χ2v) is 5.63. The van der Waals surface area contributed by atoms with Crippen LogP contribution in [-0.2, 0) is 5.41 Å². The van der Waals surface area contributed by atoms with Gasteiger partial charge in [-0.15, -0.1) is 0 Å². The van der Waals surface area contributed by atoms with Crippen LogP contribution in [0.15, 0.2) is 30.6 Å². The summed E-state index contributed by atoms with van der Waals surface area (Å²) in [7, 11) is 0. The largest absolute Gasteiger partial charge is 0.437 e. The Morgan fingerprint density at radius 1 is 1.11 bits per heavy atom. The Bertz CT molecular complexity index is 571. The molecule has 19 heavy (non-hydrogen) atoms. The summed E-state index contributed by atoms with van der Waals surface area (Å²) >= 11 is 0. The minimum Gasteiger partial charge on any atom is -0.437 e. The molecule has 100 valence electrons. The van der Waals surface area contributed by atoms with Gasteiger partial charge < -0.3 is 10.5 Å². The highest BCUT2D eigenvalue weighted by molar-refractivity contribution is 5.43. The van der Waals surface area contributed by atoms with Gasteiger partial charge in [0.25, 0.3) is 0 Å². The van der Waals surface area contributed by atoms with E-state index in [-0.39, 0.29) is 5.41 Å². The van der Waals surface area contributed by atoms with E-state index in [1.165, 1.54) is 12.4 Å². The summed E-state index contributed by atoms with van der Waals surface area (Å²) in [5.41, 5.74) is 7.80. The molecule has 0 unspecified atom stereocenters. The van der Waals surface area contributed by atoms with Crippen LogP contribution in [0.25, 0.3) is 0 Å². The minimum absolute atomic E-state index is 0.00424. The van der Waals surface area contributed by atoms with Crippen molar-refractivity contribution in [3.8, 4) is 11.6 Å². The van der Waals surface area contributed by atoms with Crippen molar-refractivity contribution in [2.75, 3.05) is 5.73 Å². The molecule has 1 aromatic heterocycles. The Hall–Kier alpha value is -2.10. The van der Waals surface area contributed by atoms with Gasteiger partial charge in [0.15, 0.2) is 0 Å². The number of nitrogens with zero attached hydrogens (tertiary/aromatic N) is 2. The lowest BCUT2D eigenvalue weighted by atomic mass is 9.86. The second kappa shape index (κ2) is 4.88. The Kier molecular flexibility index (Phi) is 3.42. The van der Waals surface area contributed by atoms with Crippen molar-refractivity contribution in [1.29, 1.82) is 0 Å². The summed E-state index contributed by atoms with van der Waals surface area (Å²) in [6, 6.07) is 6.19. The fourth-order valence-electron chi connectivity index (χ4n) is 1.83. The lowest BCUT2D eigenvalue weighted by molar-refractivity contribution is 0.437. The summed E-state index contributed by atoms with van der Waals surface area (Å²) < 4.78 is 5.84. The number of hydrogen-bond donors (Lipinski definition) is 1. The molecule has 2 aromatic rings. The first-order chi connectivity index (χ1) is 8.86. The quantitative estimate of drug-likeness (QED) is 0.895. The van der Waals surface area contributed by atoms with Crippen molar-refractivity contribution in [2.45, 2.75) is 33.1 Å². The van der Waals surface area contributed by atoms with E-state index in [9.17, 15) is 0 Å². The van der Waals surface area contributed by atoms with E-state index in [1.807, 2.05) is 13.0 Å². The molecule has 0 atom stereocenters. The third-order valence-electron chi connectivity index (χ3n) is 2.81. The van der Waals surface area contributed by atoms with Gasteiger partial charge in [-0.05, 0) is 24.0 Å². The maximum atomic E-state index is 5.84. The van der Waals surface area contributed by atoms with Crippen molar-refractivity contribution in [3.05, 3.63) is 41.7 Å². The van der Waals surface area contributed by atoms with Crippen molar-refractivity contribution < 1.29 is 4.74 Å². The molecule has 0 fully saturated rings. The maximum absolute atomic E-state index is 5.84. The van der Waals surface area contributed by atoms with Gasteiger partial charge >= 0.3 is 0 Å². The number of aromatic nitrogens is 2. The standard InChI is InChI=1S/C15H19N3O/c1-10-5-6-11(15(2,3)4)12(7-10)19-14-9-17-13(16)8-18-14/h5-9H,1-4H3,(H2,16,17). The molecule has 0 aliphatic carbocycles. The van der Waals surface area contributed by atoms with Crippen molar-refractivity contribution in [2.24, 2.45) is 0 Å². The van der Waals surface area contributed by atoms with Crippen LogP contribution in [0, 0.1) is 6.92 Å². The summed E-state index contributed by atoms with van der Waals surface area (Å²) in [4.78, 5) is 8.10. The smallest absolute Gasteiger partial charge is 0.237 e. The minimum atomic E-state index is 0.00424. The molecule has 0 bridgehead atoms. The fraction of sp³-hybridized carbons (Fsp3) is 0.333. The van der Waals surface area contributed by atoms with E-state index in [4.69, 9.17) is 10.5 Å². The Morgan fingerprint density at radius 3 is 2.42 bits per heavy atom. The van der Waals surface area contributed by atoms with Gasteiger partial charge in [-0.25, -0.2) is 9.97 Å². The molecule has 0 amide bonds. The van der Waals surface area contributed by atoms with E-state index in [2.05, 4.69) is 42.9 Å². The second-order valence-electron chi connectivity index (χ2n) is 5.63. The monoisotopic (exact) mass is 257 g/mol. The van der Waals surface area contributed by atoms with Crippen LogP contribution in [0.1, 0.15) is 31.9 Å². The molecule has 1 heterocycles. The van der Waals surface area contributed by atoms with Crippen molar-refractivity contribution >= 4 is 5.82 Å². The van der Waals surface area contributed by atoms with Gasteiger partial charge in [0.05, 0.1) is 12.4 Å². The normalized spacial score (nSPS) is 11.4. The number of nitrogens with two attached hydrogens (primary N) is 1. The Labute approximate surface area is 113 Å². The van der Waals surface area contributed by atoms with E-state index in [0.717, 1.165) is 16.9 Å². The van der Waals surface area contributed by atoms with Crippen LogP contribution in [0.5, 0.6) is 11.6 Å². The Morgan fingerprint density at radius 2 is 1.84 bits per heavy atom. The lowest BCUT2D eigenvalue weighted by Crippen LogP contribution is -2.12. The molecule has 0 aliphatic rings. The summed E-state index contributed by atoms with van der Waals surface area (Å²) in [6.07, 6.45) is 3.02. The lowest BCUT2D eigenvalue weighted by Gasteiger charge is -2.22. The zero-order valence-electron chi connectivity index (χ0n) is 11.8. The topological polar surface area (TPSA) is 61.0 Å². The molecule has 4 heteroatoms. The van der Waals surface area contributed by atoms with Gasteiger partial charge in [0.2, 0.25) is 5.88 Å². The van der Waals surface area contributed by atoms with Crippen molar-refractivity contribution in [1.82, 2.24) is 9.97 Å². The average molecular weight is 257 g/mol. The van der Waals surface area contributed by atoms with Crippen LogP contribution in [0.4, 0.5) is 5.82 Å². The SMILES string of the molecule is Cc1ccc(C(C)(C)C)c(Oc2cnc(N)cn2)c1. The third kappa shape index (κ3) is 3.22. The molecule has 0 spiro atoms.